The van der Waals surface area contributed by atoms with Gasteiger partial charge in [0.1, 0.15) is 5.75 Å². The van der Waals surface area contributed by atoms with Gasteiger partial charge in [0.2, 0.25) is 5.06 Å². The molecule has 0 bridgehead atoms. The molecule has 0 fully saturated rings. The second-order valence-corrected chi connectivity index (χ2v) is 5.19. The van der Waals surface area contributed by atoms with E-state index in [0.717, 1.165) is 26.2 Å². The van der Waals surface area contributed by atoms with Gasteiger partial charge in [-0.3, -0.25) is 0 Å². The first kappa shape index (κ1) is 10.7. The summed E-state index contributed by atoms with van der Waals surface area (Å²) < 4.78 is 11.2. The Morgan fingerprint density at radius 2 is 1.76 bits per heavy atom. The van der Waals surface area contributed by atoms with E-state index in [9.17, 15) is 0 Å². The number of halogens is 1. The van der Waals surface area contributed by atoms with Gasteiger partial charge in [-0.2, -0.15) is 4.37 Å². The van der Waals surface area contributed by atoms with Gasteiger partial charge < -0.3 is 4.74 Å². The zero-order valence-electron chi connectivity index (χ0n) is 8.76. The molecule has 3 aromatic rings. The van der Waals surface area contributed by atoms with Gasteiger partial charge in [-0.15, -0.1) is 0 Å². The van der Waals surface area contributed by atoms with Crippen molar-refractivity contribution in [3.8, 4) is 10.8 Å². The highest BCUT2D eigenvalue weighted by Crippen LogP contribution is 2.33. The molecule has 3 rings (SSSR count). The van der Waals surface area contributed by atoms with Crippen molar-refractivity contribution in [3.05, 3.63) is 53.0 Å². The van der Waals surface area contributed by atoms with Crippen LogP contribution in [0.15, 0.2) is 53.0 Å². The molecule has 0 aliphatic heterocycles. The molecule has 0 radical (unpaired) electrons. The number of nitrogens with zero attached hydrogens (tertiary/aromatic N) is 1. The molecule has 2 aromatic carbocycles. The van der Waals surface area contributed by atoms with Crippen LogP contribution in [0, 0.1) is 0 Å². The molecule has 0 saturated carbocycles. The Bertz CT molecular complexity index is 648. The second-order valence-electron chi connectivity index (χ2n) is 3.54. The minimum atomic E-state index is 0.822. The molecular weight excluding hydrogens is 298 g/mol. The summed E-state index contributed by atoms with van der Waals surface area (Å²) in [5.41, 5.74) is 0.976. The van der Waals surface area contributed by atoms with E-state index in [4.69, 9.17) is 4.74 Å². The van der Waals surface area contributed by atoms with E-state index in [1.54, 1.807) is 0 Å². The van der Waals surface area contributed by atoms with Gasteiger partial charge in [-0.05, 0) is 36.4 Å². The number of ether oxygens (including phenoxy) is 1. The number of fused-ring (bicyclic) bond motifs is 1. The quantitative estimate of drug-likeness (QED) is 0.675. The lowest BCUT2D eigenvalue weighted by Crippen LogP contribution is -1.80. The van der Waals surface area contributed by atoms with Crippen molar-refractivity contribution < 1.29 is 4.74 Å². The maximum Gasteiger partial charge on any atom is 0.207 e. The Hall–Kier alpha value is -1.39. The third-order valence-electron chi connectivity index (χ3n) is 2.38. The summed E-state index contributed by atoms with van der Waals surface area (Å²) in [6, 6.07) is 15.7. The first-order chi connectivity index (χ1) is 8.33. The summed E-state index contributed by atoms with van der Waals surface area (Å²) in [6.07, 6.45) is 0. The fraction of sp³-hybridized carbons (Fsp3) is 0. The summed E-state index contributed by atoms with van der Waals surface area (Å²) in [5.74, 6) is 0.822. The monoisotopic (exact) mass is 305 g/mol. The molecule has 0 N–H and O–H groups in total. The lowest BCUT2D eigenvalue weighted by Gasteiger charge is -2.02. The number of benzene rings is 2. The van der Waals surface area contributed by atoms with Crippen molar-refractivity contribution in [2.45, 2.75) is 0 Å². The molecule has 17 heavy (non-hydrogen) atoms. The van der Waals surface area contributed by atoms with Gasteiger partial charge in [-0.25, -0.2) is 0 Å². The van der Waals surface area contributed by atoms with E-state index < -0.39 is 0 Å². The van der Waals surface area contributed by atoms with E-state index in [-0.39, 0.29) is 0 Å². The summed E-state index contributed by atoms with van der Waals surface area (Å²) in [4.78, 5) is 0. The minimum absolute atomic E-state index is 0.822. The molecule has 1 aromatic heterocycles. The smallest absolute Gasteiger partial charge is 0.207 e. The third kappa shape index (κ3) is 2.18. The van der Waals surface area contributed by atoms with Gasteiger partial charge >= 0.3 is 0 Å². The molecule has 0 amide bonds. The molecule has 0 atom stereocenters. The molecule has 0 spiro atoms. The van der Waals surface area contributed by atoms with Crippen molar-refractivity contribution in [3.63, 3.8) is 0 Å². The lowest BCUT2D eigenvalue weighted by molar-refractivity contribution is 0.501. The van der Waals surface area contributed by atoms with Crippen LogP contribution in [0.4, 0.5) is 0 Å². The summed E-state index contributed by atoms with van der Waals surface area (Å²) >= 11 is 4.78. The second kappa shape index (κ2) is 4.47. The van der Waals surface area contributed by atoms with Gasteiger partial charge in [0.15, 0.2) is 0 Å². The van der Waals surface area contributed by atoms with Crippen molar-refractivity contribution in [1.82, 2.24) is 4.37 Å². The summed E-state index contributed by atoms with van der Waals surface area (Å²) in [6.45, 7) is 0. The van der Waals surface area contributed by atoms with Gasteiger partial charge in [0.05, 0.1) is 10.9 Å². The normalized spacial score (nSPS) is 10.6. The average Bonchev–Trinajstić information content (AvgIpc) is 2.76. The van der Waals surface area contributed by atoms with E-state index in [0.29, 0.717) is 0 Å². The van der Waals surface area contributed by atoms with Crippen LogP contribution in [0.3, 0.4) is 0 Å². The first-order valence-electron chi connectivity index (χ1n) is 5.11. The predicted molar refractivity (Wildman–Crippen MR) is 73.8 cm³/mol. The number of hydrogen-bond donors (Lipinski definition) is 0. The predicted octanol–water partition coefficient (Wildman–Crippen LogP) is 4.85. The molecule has 0 unspecified atom stereocenters. The summed E-state index contributed by atoms with van der Waals surface area (Å²) in [7, 11) is 0. The molecule has 1 heterocycles. The molecular formula is C13H8BrNOS. The zero-order chi connectivity index (χ0) is 11.7. The van der Waals surface area contributed by atoms with Crippen LogP contribution < -0.4 is 4.74 Å². The summed E-state index contributed by atoms with van der Waals surface area (Å²) in [5, 5.41) is 1.89. The van der Waals surface area contributed by atoms with Gasteiger partial charge in [0, 0.05) is 16.0 Å². The molecule has 0 aliphatic carbocycles. The standard InChI is InChI=1S/C13H8BrNOS/c14-9-5-7-10(8-6-9)16-13-11-3-1-2-4-12(11)15-17-13/h1-8H. The molecule has 2 nitrogen and oxygen atoms in total. The maximum absolute atomic E-state index is 5.82. The molecule has 0 aliphatic rings. The van der Waals surface area contributed by atoms with Crippen LogP contribution >= 0.6 is 27.5 Å². The van der Waals surface area contributed by atoms with Gasteiger partial charge in [0.25, 0.3) is 0 Å². The van der Waals surface area contributed by atoms with Crippen molar-refractivity contribution >= 4 is 38.4 Å². The maximum atomic E-state index is 5.82. The fourth-order valence-corrected chi connectivity index (χ4v) is 2.56. The SMILES string of the molecule is Brc1ccc(Oc2snc3ccccc23)cc1. The van der Waals surface area contributed by atoms with Crippen LogP contribution in [0.1, 0.15) is 0 Å². The fourth-order valence-electron chi connectivity index (χ4n) is 1.55. The first-order valence-corrected chi connectivity index (χ1v) is 6.67. The topological polar surface area (TPSA) is 22.1 Å². The van der Waals surface area contributed by atoms with Crippen LogP contribution in [-0.2, 0) is 0 Å². The number of hydrogen-bond acceptors (Lipinski definition) is 3. The van der Waals surface area contributed by atoms with Crippen LogP contribution in [0.5, 0.6) is 10.8 Å². The lowest BCUT2D eigenvalue weighted by atomic mass is 10.2. The third-order valence-corrected chi connectivity index (χ3v) is 3.66. The largest absolute Gasteiger partial charge is 0.444 e. The van der Waals surface area contributed by atoms with E-state index in [1.165, 1.54) is 11.5 Å². The Kier molecular flexibility index (Phi) is 2.82. The van der Waals surface area contributed by atoms with Crippen LogP contribution in [0.25, 0.3) is 10.9 Å². The molecule has 4 heteroatoms. The Morgan fingerprint density at radius 1 is 1.00 bits per heavy atom. The number of aromatic nitrogens is 1. The highest BCUT2D eigenvalue weighted by molar-refractivity contribution is 9.10. The van der Waals surface area contributed by atoms with Crippen LogP contribution in [-0.4, -0.2) is 4.37 Å². The Morgan fingerprint density at radius 3 is 2.59 bits per heavy atom. The van der Waals surface area contributed by atoms with E-state index in [2.05, 4.69) is 20.3 Å². The zero-order valence-corrected chi connectivity index (χ0v) is 11.2. The van der Waals surface area contributed by atoms with E-state index >= 15 is 0 Å². The molecule has 0 saturated heterocycles. The highest BCUT2D eigenvalue weighted by atomic mass is 79.9. The van der Waals surface area contributed by atoms with Gasteiger partial charge in [-0.1, -0.05) is 28.1 Å². The van der Waals surface area contributed by atoms with Crippen molar-refractivity contribution in [1.29, 1.82) is 0 Å². The minimum Gasteiger partial charge on any atom is -0.444 e. The Labute approximate surface area is 111 Å². The Balaban J connectivity index is 1.97. The highest BCUT2D eigenvalue weighted by Gasteiger charge is 2.07. The number of rotatable bonds is 2. The van der Waals surface area contributed by atoms with Crippen molar-refractivity contribution in [2.24, 2.45) is 0 Å². The van der Waals surface area contributed by atoms with E-state index in [1.807, 2.05) is 48.5 Å². The average molecular weight is 306 g/mol. The van der Waals surface area contributed by atoms with Crippen molar-refractivity contribution in [2.75, 3.05) is 0 Å². The molecule has 84 valence electrons. The van der Waals surface area contributed by atoms with Crippen LogP contribution in [0.2, 0.25) is 0 Å².